The molecule has 0 aromatic carbocycles. The first-order valence-electron chi connectivity index (χ1n) is 9.35. The zero-order valence-electron chi connectivity index (χ0n) is 14.3. The summed E-state index contributed by atoms with van der Waals surface area (Å²) in [5.74, 6) is 0.794. The van der Waals surface area contributed by atoms with Gasteiger partial charge in [-0.25, -0.2) is 5.43 Å². The summed E-state index contributed by atoms with van der Waals surface area (Å²) in [6, 6.07) is 0.861. The highest BCUT2D eigenvalue weighted by atomic mass is 35.5. The third kappa shape index (κ3) is 4.01. The number of hydrogen-bond acceptors (Lipinski definition) is 4. The van der Waals surface area contributed by atoms with Crippen LogP contribution in [0.5, 0.6) is 0 Å². The van der Waals surface area contributed by atoms with Crippen molar-refractivity contribution in [2.45, 2.75) is 62.9 Å². The smallest absolute Gasteiger partial charge is 0.253 e. The van der Waals surface area contributed by atoms with Crippen LogP contribution in [0.3, 0.4) is 0 Å². The molecule has 3 atom stereocenters. The Kier molecular flexibility index (Phi) is 6.19. The Morgan fingerprint density at radius 3 is 2.52 bits per heavy atom. The average molecular weight is 343 g/mol. The number of carbonyl (C=O) groups is 1. The summed E-state index contributed by atoms with van der Waals surface area (Å²) in [5.41, 5.74) is 5.59. The molecule has 2 aliphatic heterocycles. The van der Waals surface area contributed by atoms with Crippen molar-refractivity contribution < 1.29 is 4.79 Å². The fourth-order valence-electron chi connectivity index (χ4n) is 4.71. The van der Waals surface area contributed by atoms with Gasteiger partial charge in [0.2, 0.25) is 0 Å². The standard InChI is InChI=1S/C17H31ClN4O/c1-2-14(13-6-4-3-5-7-13)21-8-10-22(11-9-21)15-12-19-20-17(23)16(15)18/h13-16,19H,2-12H2,1H3,(H,20,23)/t14-,15?,16?/m0/s1. The van der Waals surface area contributed by atoms with Crippen LogP contribution in [0.2, 0.25) is 0 Å². The number of carbonyl (C=O) groups excluding carboxylic acids is 1. The van der Waals surface area contributed by atoms with Gasteiger partial charge in [0.05, 0.1) is 0 Å². The first-order valence-corrected chi connectivity index (χ1v) is 9.79. The Balaban J connectivity index is 1.53. The molecule has 2 saturated heterocycles. The lowest BCUT2D eigenvalue weighted by atomic mass is 9.82. The van der Waals surface area contributed by atoms with Crippen LogP contribution in [0, 0.1) is 5.92 Å². The Morgan fingerprint density at radius 1 is 1.17 bits per heavy atom. The van der Waals surface area contributed by atoms with Crippen molar-refractivity contribution in [1.82, 2.24) is 20.7 Å². The minimum atomic E-state index is -0.442. The molecule has 0 bridgehead atoms. The first-order chi connectivity index (χ1) is 11.2. The lowest BCUT2D eigenvalue weighted by Crippen LogP contribution is -2.65. The van der Waals surface area contributed by atoms with E-state index in [9.17, 15) is 4.79 Å². The molecule has 5 nitrogen and oxygen atoms in total. The second-order valence-electron chi connectivity index (χ2n) is 7.28. The average Bonchev–Trinajstić information content (AvgIpc) is 2.60. The topological polar surface area (TPSA) is 47.6 Å². The molecule has 23 heavy (non-hydrogen) atoms. The monoisotopic (exact) mass is 342 g/mol. The Hall–Kier alpha value is -0.360. The van der Waals surface area contributed by atoms with Crippen LogP contribution in [-0.4, -0.2) is 65.9 Å². The van der Waals surface area contributed by atoms with Gasteiger partial charge in [0.25, 0.3) is 5.91 Å². The molecule has 132 valence electrons. The summed E-state index contributed by atoms with van der Waals surface area (Å²) in [6.07, 6.45) is 8.34. The van der Waals surface area contributed by atoms with Crippen LogP contribution < -0.4 is 10.9 Å². The van der Waals surface area contributed by atoms with Crippen LogP contribution in [-0.2, 0) is 4.79 Å². The van der Waals surface area contributed by atoms with Gasteiger partial charge in [0.15, 0.2) is 0 Å². The summed E-state index contributed by atoms with van der Waals surface area (Å²) in [4.78, 5) is 16.8. The minimum Gasteiger partial charge on any atom is -0.298 e. The largest absolute Gasteiger partial charge is 0.298 e. The fraction of sp³-hybridized carbons (Fsp3) is 0.941. The number of halogens is 1. The highest BCUT2D eigenvalue weighted by molar-refractivity contribution is 6.31. The maximum Gasteiger partial charge on any atom is 0.253 e. The van der Waals surface area contributed by atoms with Gasteiger partial charge >= 0.3 is 0 Å². The highest BCUT2D eigenvalue weighted by Crippen LogP contribution is 2.31. The SMILES string of the molecule is CC[C@@H](C1CCCCC1)N1CCN(C2CNNC(=O)C2Cl)CC1. The molecular formula is C17H31ClN4O. The molecule has 2 heterocycles. The van der Waals surface area contributed by atoms with Gasteiger partial charge in [-0.2, -0.15) is 0 Å². The predicted octanol–water partition coefficient (Wildman–Crippen LogP) is 1.57. The molecule has 3 aliphatic rings. The maximum absolute atomic E-state index is 11.7. The highest BCUT2D eigenvalue weighted by Gasteiger charge is 2.37. The van der Waals surface area contributed by atoms with Crippen molar-refractivity contribution in [2.24, 2.45) is 5.92 Å². The van der Waals surface area contributed by atoms with Crippen molar-refractivity contribution >= 4 is 17.5 Å². The maximum atomic E-state index is 11.7. The number of alkyl halides is 1. The normalized spacial score (nSPS) is 33.4. The zero-order chi connectivity index (χ0) is 16.2. The number of hydrogen-bond donors (Lipinski definition) is 2. The molecule has 0 radical (unpaired) electrons. The number of nitrogens with one attached hydrogen (secondary N) is 2. The number of rotatable bonds is 4. The fourth-order valence-corrected chi connectivity index (χ4v) is 5.02. The van der Waals surface area contributed by atoms with Crippen molar-refractivity contribution in [2.75, 3.05) is 32.7 Å². The zero-order valence-corrected chi connectivity index (χ0v) is 15.0. The summed E-state index contributed by atoms with van der Waals surface area (Å²) < 4.78 is 0. The third-order valence-electron chi connectivity index (χ3n) is 6.01. The van der Waals surface area contributed by atoms with Crippen LogP contribution in [0.1, 0.15) is 45.4 Å². The van der Waals surface area contributed by atoms with Crippen LogP contribution in [0.25, 0.3) is 0 Å². The molecule has 6 heteroatoms. The molecule has 0 aromatic heterocycles. The van der Waals surface area contributed by atoms with Crippen molar-refractivity contribution in [1.29, 1.82) is 0 Å². The first kappa shape index (κ1) is 17.5. The van der Waals surface area contributed by atoms with E-state index in [1.807, 2.05) is 0 Å². The lowest BCUT2D eigenvalue weighted by molar-refractivity contribution is -0.125. The summed E-state index contributed by atoms with van der Waals surface area (Å²) in [5, 5.41) is -0.442. The summed E-state index contributed by atoms with van der Waals surface area (Å²) in [7, 11) is 0. The molecule has 3 fully saturated rings. The van der Waals surface area contributed by atoms with E-state index in [2.05, 4.69) is 27.6 Å². The van der Waals surface area contributed by atoms with E-state index in [4.69, 9.17) is 11.6 Å². The lowest BCUT2D eigenvalue weighted by Gasteiger charge is -2.46. The third-order valence-corrected chi connectivity index (χ3v) is 6.50. The van der Waals surface area contributed by atoms with Gasteiger partial charge in [-0.1, -0.05) is 26.2 Å². The van der Waals surface area contributed by atoms with Gasteiger partial charge < -0.3 is 0 Å². The van der Waals surface area contributed by atoms with Crippen LogP contribution in [0.15, 0.2) is 0 Å². The molecule has 3 rings (SSSR count). The summed E-state index contributed by atoms with van der Waals surface area (Å²) >= 11 is 6.31. The van der Waals surface area contributed by atoms with Crippen LogP contribution >= 0.6 is 11.6 Å². The van der Waals surface area contributed by atoms with Gasteiger partial charge in [-0.3, -0.25) is 20.0 Å². The number of piperazine rings is 1. The molecule has 1 saturated carbocycles. The van der Waals surface area contributed by atoms with E-state index in [1.165, 1.54) is 38.5 Å². The molecular weight excluding hydrogens is 312 g/mol. The number of nitrogens with zero attached hydrogens (tertiary/aromatic N) is 2. The number of hydrazine groups is 1. The van der Waals surface area contributed by atoms with Gasteiger partial charge in [-0.05, 0) is 25.2 Å². The minimum absolute atomic E-state index is 0.0982. The van der Waals surface area contributed by atoms with Crippen LogP contribution in [0.4, 0.5) is 0 Å². The number of amides is 1. The van der Waals surface area contributed by atoms with E-state index >= 15 is 0 Å². The van der Waals surface area contributed by atoms with Gasteiger partial charge in [0.1, 0.15) is 5.38 Å². The molecule has 2 N–H and O–H groups in total. The molecule has 1 amide bonds. The second kappa shape index (κ2) is 8.15. The van der Waals surface area contributed by atoms with E-state index in [0.29, 0.717) is 0 Å². The molecule has 2 unspecified atom stereocenters. The van der Waals surface area contributed by atoms with E-state index in [0.717, 1.165) is 44.7 Å². The van der Waals surface area contributed by atoms with Crippen molar-refractivity contribution in [3.8, 4) is 0 Å². The van der Waals surface area contributed by atoms with Crippen molar-refractivity contribution in [3.05, 3.63) is 0 Å². The van der Waals surface area contributed by atoms with Crippen molar-refractivity contribution in [3.63, 3.8) is 0 Å². The Bertz CT molecular complexity index is 394. The molecule has 1 aliphatic carbocycles. The Labute approximate surface area is 145 Å². The quantitative estimate of drug-likeness (QED) is 0.761. The van der Waals surface area contributed by atoms with Gasteiger partial charge in [-0.15, -0.1) is 11.6 Å². The van der Waals surface area contributed by atoms with E-state index < -0.39 is 5.38 Å². The van der Waals surface area contributed by atoms with E-state index in [1.54, 1.807) is 0 Å². The Morgan fingerprint density at radius 2 is 1.87 bits per heavy atom. The van der Waals surface area contributed by atoms with E-state index in [-0.39, 0.29) is 11.9 Å². The second-order valence-corrected chi connectivity index (χ2v) is 7.76. The van der Waals surface area contributed by atoms with Gasteiger partial charge in [0, 0.05) is 44.8 Å². The molecule has 0 aromatic rings. The molecule has 0 spiro atoms. The predicted molar refractivity (Wildman–Crippen MR) is 93.4 cm³/mol. The summed E-state index contributed by atoms with van der Waals surface area (Å²) in [6.45, 7) is 7.33.